The first-order valence-electron chi connectivity index (χ1n) is 8.80. The Labute approximate surface area is 158 Å². The van der Waals surface area contributed by atoms with Crippen molar-refractivity contribution < 1.29 is 14.3 Å². The summed E-state index contributed by atoms with van der Waals surface area (Å²) in [6, 6.07) is 5.90. The number of aryl methyl sites for hydroxylation is 1. The van der Waals surface area contributed by atoms with Crippen LogP contribution in [0.4, 0.5) is 5.13 Å². The molecule has 0 saturated carbocycles. The van der Waals surface area contributed by atoms with Gasteiger partial charge in [-0.1, -0.05) is 32.9 Å². The van der Waals surface area contributed by atoms with E-state index < -0.39 is 0 Å². The fourth-order valence-corrected chi connectivity index (χ4v) is 3.76. The molecule has 0 radical (unpaired) electrons. The lowest BCUT2D eigenvalue weighted by atomic mass is 9.86. The quantitative estimate of drug-likeness (QED) is 0.601. The molecule has 1 aliphatic rings. The number of anilines is 1. The Morgan fingerprint density at radius 3 is 2.73 bits per heavy atom. The van der Waals surface area contributed by atoms with Gasteiger partial charge in [-0.15, -0.1) is 11.3 Å². The van der Waals surface area contributed by atoms with Crippen LogP contribution in [0.2, 0.25) is 0 Å². The van der Waals surface area contributed by atoms with Gasteiger partial charge in [-0.2, -0.15) is 0 Å². The Morgan fingerprint density at radius 2 is 2.12 bits per heavy atom. The van der Waals surface area contributed by atoms with Crippen LogP contribution in [0.25, 0.3) is 0 Å². The largest absolute Gasteiger partial charge is 0.426 e. The number of nitrogens with zero attached hydrogens (tertiary/aromatic N) is 2. The van der Waals surface area contributed by atoms with Crippen molar-refractivity contribution in [1.82, 2.24) is 4.98 Å². The first-order chi connectivity index (χ1) is 12.2. The Bertz CT molecular complexity index is 836. The summed E-state index contributed by atoms with van der Waals surface area (Å²) >= 11 is 1.39. The molecule has 0 spiro atoms. The Hall–Kier alpha value is -2.21. The van der Waals surface area contributed by atoms with E-state index in [1.165, 1.54) is 16.9 Å². The minimum atomic E-state index is -0.346. The van der Waals surface area contributed by atoms with Crippen LogP contribution in [0.3, 0.4) is 0 Å². The number of hydrogen-bond acceptors (Lipinski definition) is 5. The molecule has 138 valence electrons. The highest BCUT2D eigenvalue weighted by Crippen LogP contribution is 2.28. The first kappa shape index (κ1) is 18.6. The van der Waals surface area contributed by atoms with E-state index in [1.807, 2.05) is 24.4 Å². The Morgan fingerprint density at radius 1 is 1.35 bits per heavy atom. The molecule has 2 aromatic rings. The number of thiazole rings is 1. The highest BCUT2D eigenvalue weighted by Gasteiger charge is 2.24. The van der Waals surface area contributed by atoms with Gasteiger partial charge < -0.3 is 4.74 Å². The molecule has 0 unspecified atom stereocenters. The summed E-state index contributed by atoms with van der Waals surface area (Å²) in [7, 11) is 0. The van der Waals surface area contributed by atoms with E-state index in [0.29, 0.717) is 29.5 Å². The maximum Gasteiger partial charge on any atom is 0.317 e. The summed E-state index contributed by atoms with van der Waals surface area (Å²) in [5.74, 6) is 0.331. The van der Waals surface area contributed by atoms with E-state index in [-0.39, 0.29) is 23.7 Å². The van der Waals surface area contributed by atoms with Gasteiger partial charge in [-0.25, -0.2) is 4.98 Å². The van der Waals surface area contributed by atoms with Crippen LogP contribution in [-0.2, 0) is 21.4 Å². The van der Waals surface area contributed by atoms with E-state index >= 15 is 0 Å². The third-order valence-corrected chi connectivity index (χ3v) is 5.35. The van der Waals surface area contributed by atoms with Crippen molar-refractivity contribution in [2.45, 2.75) is 52.4 Å². The van der Waals surface area contributed by atoms with Crippen molar-refractivity contribution in [1.29, 1.82) is 0 Å². The second-order valence-corrected chi connectivity index (χ2v) is 8.49. The normalized spacial score (nSPS) is 14.8. The maximum atomic E-state index is 12.3. The number of rotatable bonds is 4. The molecule has 0 bridgehead atoms. The minimum absolute atomic E-state index is 0.0529. The molecule has 5 nitrogen and oxygen atoms in total. The van der Waals surface area contributed by atoms with Crippen LogP contribution < -0.4 is 9.64 Å². The molecule has 26 heavy (non-hydrogen) atoms. The maximum absolute atomic E-state index is 12.3. The van der Waals surface area contributed by atoms with Gasteiger partial charge >= 0.3 is 5.97 Å². The lowest BCUT2D eigenvalue weighted by Crippen LogP contribution is -2.23. The van der Waals surface area contributed by atoms with Crippen molar-refractivity contribution in [3.05, 3.63) is 40.4 Å². The number of esters is 1. The summed E-state index contributed by atoms with van der Waals surface area (Å²) in [6.45, 7) is 9.10. The molecule has 0 atom stereocenters. The van der Waals surface area contributed by atoms with Crippen molar-refractivity contribution in [3.63, 3.8) is 0 Å². The predicted octanol–water partition coefficient (Wildman–Crippen LogP) is 4.02. The summed E-state index contributed by atoms with van der Waals surface area (Å²) in [5.41, 5.74) is 2.83. The first-order valence-corrected chi connectivity index (χ1v) is 9.68. The van der Waals surface area contributed by atoms with Crippen molar-refractivity contribution in [3.8, 4) is 5.75 Å². The second-order valence-electron chi connectivity index (χ2n) is 7.65. The standard InChI is InChI=1S/C20H24N2O3S/c1-13-10-14(20(2,3)4)7-8-16(13)25-18(24)11-15-12-26-19(21-15)22-9-5-6-17(22)23/h7-8,10,12H,5-6,9,11H2,1-4H3. The summed E-state index contributed by atoms with van der Waals surface area (Å²) < 4.78 is 5.52. The summed E-state index contributed by atoms with van der Waals surface area (Å²) in [4.78, 5) is 30.2. The van der Waals surface area contributed by atoms with E-state index in [2.05, 4.69) is 31.8 Å². The fraction of sp³-hybridized carbons (Fsp3) is 0.450. The molecule has 1 amide bonds. The zero-order valence-corrected chi connectivity index (χ0v) is 16.5. The fourth-order valence-electron chi connectivity index (χ4n) is 2.89. The second kappa shape index (κ2) is 7.19. The van der Waals surface area contributed by atoms with Crippen LogP contribution in [0.5, 0.6) is 5.75 Å². The van der Waals surface area contributed by atoms with Crippen LogP contribution in [0.15, 0.2) is 23.6 Å². The Balaban J connectivity index is 1.64. The summed E-state index contributed by atoms with van der Waals surface area (Å²) in [6.07, 6.45) is 1.53. The third-order valence-electron chi connectivity index (χ3n) is 4.43. The van der Waals surface area contributed by atoms with E-state index in [9.17, 15) is 9.59 Å². The SMILES string of the molecule is Cc1cc(C(C)(C)C)ccc1OC(=O)Cc1csc(N2CCCC2=O)n1. The number of carbonyl (C=O) groups is 2. The molecule has 1 aromatic carbocycles. The van der Waals surface area contributed by atoms with Gasteiger partial charge in [0.1, 0.15) is 5.75 Å². The van der Waals surface area contributed by atoms with Crippen molar-refractivity contribution >= 4 is 28.3 Å². The summed E-state index contributed by atoms with van der Waals surface area (Å²) in [5, 5.41) is 2.48. The molecule has 1 aromatic heterocycles. The van der Waals surface area contributed by atoms with Crippen LogP contribution in [0, 0.1) is 6.92 Å². The van der Waals surface area contributed by atoms with Gasteiger partial charge in [-0.3, -0.25) is 14.5 Å². The average Bonchev–Trinajstić information content (AvgIpc) is 3.17. The topological polar surface area (TPSA) is 59.5 Å². The molecule has 1 aliphatic heterocycles. The molecule has 6 heteroatoms. The third kappa shape index (κ3) is 4.12. The highest BCUT2D eigenvalue weighted by atomic mass is 32.1. The predicted molar refractivity (Wildman–Crippen MR) is 103 cm³/mol. The van der Waals surface area contributed by atoms with Gasteiger partial charge in [0.2, 0.25) is 5.91 Å². The van der Waals surface area contributed by atoms with E-state index in [1.54, 1.807) is 4.90 Å². The molecule has 0 N–H and O–H groups in total. The van der Waals surface area contributed by atoms with Crippen LogP contribution >= 0.6 is 11.3 Å². The molecular weight excluding hydrogens is 348 g/mol. The zero-order chi connectivity index (χ0) is 18.9. The number of hydrogen-bond donors (Lipinski definition) is 0. The van der Waals surface area contributed by atoms with Gasteiger partial charge in [0, 0.05) is 18.3 Å². The van der Waals surface area contributed by atoms with Crippen LogP contribution in [-0.4, -0.2) is 23.4 Å². The molecule has 3 rings (SSSR count). The molecule has 1 fully saturated rings. The van der Waals surface area contributed by atoms with Crippen molar-refractivity contribution in [2.75, 3.05) is 11.4 Å². The monoisotopic (exact) mass is 372 g/mol. The van der Waals surface area contributed by atoms with Gasteiger partial charge in [0.05, 0.1) is 12.1 Å². The lowest BCUT2D eigenvalue weighted by molar-refractivity contribution is -0.133. The molecule has 2 heterocycles. The van der Waals surface area contributed by atoms with Crippen LogP contribution in [0.1, 0.15) is 50.4 Å². The smallest absolute Gasteiger partial charge is 0.317 e. The van der Waals surface area contributed by atoms with Gasteiger partial charge in [0.25, 0.3) is 0 Å². The molecular formula is C20H24N2O3S. The molecule has 0 aliphatic carbocycles. The van der Waals surface area contributed by atoms with E-state index in [4.69, 9.17) is 4.74 Å². The average molecular weight is 372 g/mol. The minimum Gasteiger partial charge on any atom is -0.426 e. The number of carbonyl (C=O) groups excluding carboxylic acids is 2. The number of aromatic nitrogens is 1. The number of ether oxygens (including phenoxy) is 1. The van der Waals surface area contributed by atoms with Gasteiger partial charge in [0.15, 0.2) is 5.13 Å². The highest BCUT2D eigenvalue weighted by molar-refractivity contribution is 7.14. The lowest BCUT2D eigenvalue weighted by Gasteiger charge is -2.20. The molecule has 1 saturated heterocycles. The number of amides is 1. The van der Waals surface area contributed by atoms with Gasteiger partial charge in [-0.05, 0) is 36.0 Å². The zero-order valence-electron chi connectivity index (χ0n) is 15.7. The van der Waals surface area contributed by atoms with Crippen molar-refractivity contribution in [2.24, 2.45) is 0 Å². The van der Waals surface area contributed by atoms with E-state index in [0.717, 1.165) is 12.0 Å². The Kier molecular flexibility index (Phi) is 5.14. The number of benzene rings is 1.